The van der Waals surface area contributed by atoms with Crippen molar-refractivity contribution in [1.29, 1.82) is 0 Å². The van der Waals surface area contributed by atoms with Crippen molar-refractivity contribution in [2.24, 2.45) is 0 Å². The van der Waals surface area contributed by atoms with Crippen molar-refractivity contribution >= 4 is 40.1 Å². The summed E-state index contributed by atoms with van der Waals surface area (Å²) in [6.07, 6.45) is 4.42. The van der Waals surface area contributed by atoms with Crippen LogP contribution in [0.1, 0.15) is 18.4 Å². The van der Waals surface area contributed by atoms with Gasteiger partial charge in [0.15, 0.2) is 5.52 Å². The van der Waals surface area contributed by atoms with Crippen molar-refractivity contribution in [1.82, 2.24) is 10.5 Å². The Morgan fingerprint density at radius 3 is 2.83 bits per heavy atom. The Morgan fingerprint density at radius 1 is 1.30 bits per heavy atom. The fourth-order valence-corrected chi connectivity index (χ4v) is 3.16. The fourth-order valence-electron chi connectivity index (χ4n) is 3.16. The van der Waals surface area contributed by atoms with Crippen molar-refractivity contribution in [2.45, 2.75) is 12.8 Å². The molecule has 152 valence electrons. The van der Waals surface area contributed by atoms with Gasteiger partial charge in [-0.25, -0.2) is 5.48 Å². The summed E-state index contributed by atoms with van der Waals surface area (Å²) in [6.45, 7) is 7.36. The van der Waals surface area contributed by atoms with Crippen LogP contribution in [-0.4, -0.2) is 30.3 Å². The molecule has 0 radical (unpaired) electrons. The lowest BCUT2D eigenvalue weighted by Crippen LogP contribution is -2.17. The van der Waals surface area contributed by atoms with Gasteiger partial charge in [-0.2, -0.15) is 0 Å². The Bertz CT molecular complexity index is 1130. The molecule has 0 aliphatic carbocycles. The molecule has 3 aromatic rings. The van der Waals surface area contributed by atoms with Gasteiger partial charge in [0.1, 0.15) is 5.75 Å². The molecule has 7 heteroatoms. The molecular weight excluding hydrogens is 380 g/mol. The van der Waals surface area contributed by atoms with E-state index in [1.807, 2.05) is 66.6 Å². The Labute approximate surface area is 175 Å². The summed E-state index contributed by atoms with van der Waals surface area (Å²) in [4.78, 5) is 21.1. The number of fused-ring (bicyclic) bond motifs is 1. The van der Waals surface area contributed by atoms with E-state index in [0.717, 1.165) is 27.8 Å². The van der Waals surface area contributed by atoms with E-state index < -0.39 is 5.91 Å². The second-order valence-corrected chi connectivity index (χ2v) is 6.59. The summed E-state index contributed by atoms with van der Waals surface area (Å²) >= 11 is 0. The molecule has 1 aromatic heterocycles. The van der Waals surface area contributed by atoms with Crippen LogP contribution in [0.25, 0.3) is 21.8 Å². The van der Waals surface area contributed by atoms with Crippen LogP contribution < -0.4 is 15.1 Å². The second kappa shape index (κ2) is 9.54. The summed E-state index contributed by atoms with van der Waals surface area (Å²) < 4.78 is 5.45. The number of hydroxylamine groups is 1. The number of benzene rings is 2. The van der Waals surface area contributed by atoms with Gasteiger partial charge in [-0.1, -0.05) is 30.9 Å². The lowest BCUT2D eigenvalue weighted by Gasteiger charge is -2.22. The Kier molecular flexibility index (Phi) is 6.63. The topological polar surface area (TPSA) is 79.1 Å². The number of carbonyl (C=O) groups excluding carboxylic acids is 1. The summed E-state index contributed by atoms with van der Waals surface area (Å²) in [7, 11) is 3.55. The first-order chi connectivity index (χ1) is 14.6. The maximum absolute atomic E-state index is 11.2. The third-order valence-corrected chi connectivity index (χ3v) is 4.72. The zero-order valence-electron chi connectivity index (χ0n) is 16.8. The monoisotopic (exact) mass is 402 g/mol. The predicted octanol–water partition coefficient (Wildman–Crippen LogP) is 4.86. The molecule has 1 heterocycles. The van der Waals surface area contributed by atoms with E-state index in [1.54, 1.807) is 18.7 Å². The number of nitrogens with one attached hydrogen (secondary N) is 1. The van der Waals surface area contributed by atoms with E-state index in [0.29, 0.717) is 18.0 Å². The van der Waals surface area contributed by atoms with Gasteiger partial charge in [0.25, 0.3) is 5.82 Å². The van der Waals surface area contributed by atoms with Gasteiger partial charge >= 0.3 is 0 Å². The maximum Gasteiger partial charge on any atom is 0.272 e. The third kappa shape index (κ3) is 4.57. The predicted molar refractivity (Wildman–Crippen MR) is 117 cm³/mol. The van der Waals surface area contributed by atoms with Gasteiger partial charge in [-0.05, 0) is 42.8 Å². The van der Waals surface area contributed by atoms with E-state index in [-0.39, 0.29) is 6.42 Å². The van der Waals surface area contributed by atoms with Crippen molar-refractivity contribution in [2.75, 3.05) is 19.1 Å². The zero-order chi connectivity index (χ0) is 21.5. The average Bonchev–Trinajstić information content (AvgIpc) is 2.80. The van der Waals surface area contributed by atoms with E-state index in [1.165, 1.54) is 0 Å². The van der Waals surface area contributed by atoms with Crippen molar-refractivity contribution in [3.05, 3.63) is 71.6 Å². The first-order valence-corrected chi connectivity index (χ1v) is 9.36. The van der Waals surface area contributed by atoms with Gasteiger partial charge in [0.05, 0.1) is 7.11 Å². The molecule has 2 N–H and O–H groups in total. The van der Waals surface area contributed by atoms with Crippen molar-refractivity contribution in [3.8, 4) is 5.75 Å². The number of nitrogens with zero attached hydrogens (tertiary/aromatic N) is 3. The molecule has 3 rings (SSSR count). The quantitative estimate of drug-likeness (QED) is 0.335. The van der Waals surface area contributed by atoms with Crippen LogP contribution in [0, 0.1) is 6.57 Å². The number of amides is 1. The Morgan fingerprint density at radius 2 is 2.10 bits per heavy atom. The fraction of sp³-hybridized carbons (Fsp3) is 0.174. The highest BCUT2D eigenvalue weighted by Crippen LogP contribution is 2.35. The lowest BCUT2D eigenvalue weighted by atomic mass is 10.1. The van der Waals surface area contributed by atoms with Gasteiger partial charge in [0, 0.05) is 35.8 Å². The summed E-state index contributed by atoms with van der Waals surface area (Å²) in [6, 6.07) is 15.3. The molecule has 1 amide bonds. The number of ether oxygens (including phenoxy) is 1. The van der Waals surface area contributed by atoms with E-state index in [4.69, 9.17) is 16.5 Å². The van der Waals surface area contributed by atoms with Crippen LogP contribution in [0.2, 0.25) is 0 Å². The molecule has 0 atom stereocenters. The van der Waals surface area contributed by atoms with Crippen molar-refractivity contribution in [3.63, 3.8) is 0 Å². The number of methoxy groups -OCH3 is 1. The van der Waals surface area contributed by atoms with Gasteiger partial charge in [0.2, 0.25) is 5.91 Å². The highest BCUT2D eigenvalue weighted by atomic mass is 16.5. The molecule has 7 nitrogen and oxygen atoms in total. The van der Waals surface area contributed by atoms with Gasteiger partial charge in [-0.15, -0.1) is 4.98 Å². The molecule has 0 fully saturated rings. The molecule has 0 aliphatic heterocycles. The maximum atomic E-state index is 11.2. The Balaban J connectivity index is 1.96. The third-order valence-electron chi connectivity index (χ3n) is 4.72. The average molecular weight is 402 g/mol. The van der Waals surface area contributed by atoms with E-state index >= 15 is 0 Å². The number of hydrogen-bond donors (Lipinski definition) is 2. The minimum atomic E-state index is -0.430. The lowest BCUT2D eigenvalue weighted by molar-refractivity contribution is -0.129. The summed E-state index contributed by atoms with van der Waals surface area (Å²) in [5.41, 5.74) is 5.04. The van der Waals surface area contributed by atoms with Crippen LogP contribution in [0.15, 0.2) is 54.6 Å². The molecule has 0 bridgehead atoms. The molecule has 0 saturated carbocycles. The molecular formula is C23H22N4O3. The van der Waals surface area contributed by atoms with Crippen LogP contribution in [-0.2, 0) is 4.79 Å². The highest BCUT2D eigenvalue weighted by Gasteiger charge is 2.14. The molecule has 0 spiro atoms. The molecule has 0 unspecified atom stereocenters. The first-order valence-electron chi connectivity index (χ1n) is 9.36. The molecule has 30 heavy (non-hydrogen) atoms. The van der Waals surface area contributed by atoms with Gasteiger partial charge < -0.3 is 14.5 Å². The number of aromatic nitrogens is 1. The van der Waals surface area contributed by atoms with Gasteiger partial charge in [-0.3, -0.25) is 10.0 Å². The number of allylic oxidation sites excluding steroid dienone is 1. The van der Waals surface area contributed by atoms with Crippen LogP contribution in [0.4, 0.5) is 17.2 Å². The number of hydrogen-bond acceptors (Lipinski definition) is 5. The number of para-hydroxylation sites is 1. The number of rotatable bonds is 7. The second-order valence-electron chi connectivity index (χ2n) is 6.59. The normalized spacial score (nSPS) is 10.7. The number of pyridine rings is 1. The molecule has 2 aromatic carbocycles. The largest absolute Gasteiger partial charge is 0.496 e. The van der Waals surface area contributed by atoms with Crippen LogP contribution in [0.3, 0.4) is 0 Å². The minimum absolute atomic E-state index is 0.192. The summed E-state index contributed by atoms with van der Waals surface area (Å²) in [5.74, 6) is 0.614. The van der Waals surface area contributed by atoms with Crippen LogP contribution in [0.5, 0.6) is 5.75 Å². The Hall–Kier alpha value is -3.89. The zero-order valence-corrected chi connectivity index (χ0v) is 16.8. The summed E-state index contributed by atoms with van der Waals surface area (Å²) in [5, 5.41) is 9.53. The van der Waals surface area contributed by atoms with E-state index in [2.05, 4.69) is 9.83 Å². The molecule has 0 saturated heterocycles. The standard InChI is InChI=1S/C23H22N4O3/c1-24-22-15-20(18-9-5-6-10-19(18)25-22)27(2)17-12-13-21(30-3)16(14-17)8-4-7-11-23(28)26-29/h4-6,8-10,12-15,29H,7,11H2,2-3H3,(H,26,28)/b8-4+. The van der Waals surface area contributed by atoms with Crippen molar-refractivity contribution < 1.29 is 14.7 Å². The number of anilines is 2. The smallest absolute Gasteiger partial charge is 0.272 e. The minimum Gasteiger partial charge on any atom is -0.496 e. The van der Waals surface area contributed by atoms with Crippen LogP contribution >= 0.6 is 0 Å². The highest BCUT2D eigenvalue weighted by molar-refractivity contribution is 5.95. The number of carbonyl (C=O) groups is 1. The van der Waals surface area contributed by atoms with E-state index in [9.17, 15) is 4.79 Å². The SMILES string of the molecule is [C-]#[N+]c1cc(N(C)c2ccc(OC)c(/C=C/CCC(=O)NO)c2)c2ccccc2n1. The first kappa shape index (κ1) is 20.8. The molecule has 0 aliphatic rings.